The van der Waals surface area contributed by atoms with Crippen LogP contribution in [0.5, 0.6) is 0 Å². The summed E-state index contributed by atoms with van der Waals surface area (Å²) in [5, 5.41) is 1.36. The number of hydrogen-bond donors (Lipinski definition) is 0. The predicted octanol–water partition coefficient (Wildman–Crippen LogP) is 7.88. The molecule has 0 aromatic heterocycles. The Bertz CT molecular complexity index is 706. The molecule has 0 aliphatic heterocycles. The third kappa shape index (κ3) is 4.60. The molecule has 0 saturated carbocycles. The zero-order valence-electron chi connectivity index (χ0n) is 13.2. The van der Waals surface area contributed by atoms with Gasteiger partial charge < -0.3 is 4.90 Å². The molecule has 0 spiro atoms. The van der Waals surface area contributed by atoms with Crippen LogP contribution in [-0.4, -0.2) is 18.8 Å². The summed E-state index contributed by atoms with van der Waals surface area (Å²) in [6, 6.07) is 8.43. The molecular formula is C17H16Cl5NS. The van der Waals surface area contributed by atoms with Gasteiger partial charge in [0.05, 0.1) is 25.1 Å². The smallest absolute Gasteiger partial charge is 0.0809 e. The Balaban J connectivity index is 2.11. The first-order valence-electron chi connectivity index (χ1n) is 7.32. The van der Waals surface area contributed by atoms with E-state index in [-0.39, 0.29) is 15.1 Å². The van der Waals surface area contributed by atoms with Crippen LogP contribution in [0.4, 0.5) is 5.69 Å². The van der Waals surface area contributed by atoms with Gasteiger partial charge in [-0.05, 0) is 31.5 Å². The molecule has 1 nitrogen and oxygen atoms in total. The van der Waals surface area contributed by atoms with E-state index in [2.05, 4.69) is 43.0 Å². The van der Waals surface area contributed by atoms with Gasteiger partial charge in [-0.2, -0.15) is 0 Å². The van der Waals surface area contributed by atoms with Crippen LogP contribution in [0.25, 0.3) is 0 Å². The molecule has 0 unspecified atom stereocenters. The highest BCUT2D eigenvalue weighted by atomic mass is 35.5. The minimum atomic E-state index is 0.188. The lowest BCUT2D eigenvalue weighted by atomic mass is 10.2. The lowest BCUT2D eigenvalue weighted by Crippen LogP contribution is -2.25. The Morgan fingerprint density at radius 1 is 0.917 bits per heavy atom. The maximum Gasteiger partial charge on any atom is 0.0809 e. The zero-order chi connectivity index (χ0) is 17.9. The van der Waals surface area contributed by atoms with Crippen molar-refractivity contribution in [3.05, 3.63) is 54.9 Å². The predicted molar refractivity (Wildman–Crippen MR) is 111 cm³/mol. The van der Waals surface area contributed by atoms with Gasteiger partial charge in [0.25, 0.3) is 0 Å². The molecule has 0 aliphatic rings. The molecule has 0 saturated heterocycles. The van der Waals surface area contributed by atoms with Gasteiger partial charge in [0.2, 0.25) is 0 Å². The zero-order valence-corrected chi connectivity index (χ0v) is 17.8. The lowest BCUT2D eigenvalue weighted by molar-refractivity contribution is 0.871. The number of thioether (sulfide) groups is 1. The first-order chi connectivity index (χ1) is 11.4. The molecule has 0 N–H and O–H groups in total. The number of benzene rings is 2. The molecule has 0 amide bonds. The van der Waals surface area contributed by atoms with E-state index < -0.39 is 0 Å². The molecule has 0 radical (unpaired) electrons. The lowest BCUT2D eigenvalue weighted by Gasteiger charge is -2.23. The fourth-order valence-corrected chi connectivity index (χ4v) is 4.81. The molecule has 2 aromatic rings. The van der Waals surface area contributed by atoms with Gasteiger partial charge in [-0.15, -0.1) is 11.8 Å². The summed E-state index contributed by atoms with van der Waals surface area (Å²) in [5.74, 6) is 0.787. The standard InChI is InChI=1S/C17H16Cl5NS/c1-3-23(11-6-4-5-10(2)9-11)7-8-24-17-15(21)13(19)12(18)14(20)16(17)22/h4-6,9H,3,7-8H2,1-2H3. The van der Waals surface area contributed by atoms with Crippen molar-refractivity contribution in [3.8, 4) is 0 Å². The second-order valence-corrected chi connectivity index (χ2v) is 8.16. The van der Waals surface area contributed by atoms with Crippen LogP contribution in [0.1, 0.15) is 12.5 Å². The minimum Gasteiger partial charge on any atom is -0.371 e. The van der Waals surface area contributed by atoms with Crippen LogP contribution in [0.15, 0.2) is 29.2 Å². The van der Waals surface area contributed by atoms with Gasteiger partial charge in [0.1, 0.15) is 0 Å². The summed E-state index contributed by atoms with van der Waals surface area (Å²) in [5.41, 5.74) is 2.43. The largest absolute Gasteiger partial charge is 0.371 e. The Labute approximate surface area is 172 Å². The van der Waals surface area contributed by atoms with Crippen molar-refractivity contribution in [2.24, 2.45) is 0 Å². The van der Waals surface area contributed by atoms with Crippen LogP contribution in [0.2, 0.25) is 25.1 Å². The normalized spacial score (nSPS) is 11.0. The molecule has 2 aromatic carbocycles. The maximum atomic E-state index is 6.27. The van der Waals surface area contributed by atoms with Gasteiger partial charge in [0.15, 0.2) is 0 Å². The number of aryl methyl sites for hydroxylation is 1. The maximum absolute atomic E-state index is 6.27. The monoisotopic (exact) mass is 441 g/mol. The van der Waals surface area contributed by atoms with Gasteiger partial charge >= 0.3 is 0 Å². The van der Waals surface area contributed by atoms with Crippen LogP contribution in [0.3, 0.4) is 0 Å². The second-order valence-electron chi connectivity index (χ2n) is 5.17. The van der Waals surface area contributed by atoms with Crippen LogP contribution in [0, 0.1) is 6.92 Å². The van der Waals surface area contributed by atoms with Crippen LogP contribution >= 0.6 is 69.8 Å². The third-order valence-corrected chi connectivity index (χ3v) is 7.11. The van der Waals surface area contributed by atoms with Gasteiger partial charge in [0, 0.05) is 29.4 Å². The SMILES string of the molecule is CCN(CCSc1c(Cl)c(Cl)c(Cl)c(Cl)c1Cl)c1cccc(C)c1. The van der Waals surface area contributed by atoms with Gasteiger partial charge in [-0.1, -0.05) is 70.1 Å². The molecule has 7 heteroatoms. The fraction of sp³-hybridized carbons (Fsp3) is 0.294. The average Bonchev–Trinajstić information content (AvgIpc) is 2.57. The van der Waals surface area contributed by atoms with E-state index in [1.165, 1.54) is 23.0 Å². The second kappa shape index (κ2) is 9.12. The number of anilines is 1. The Kier molecular flexibility index (Phi) is 7.73. The number of rotatable bonds is 6. The molecule has 0 aliphatic carbocycles. The van der Waals surface area contributed by atoms with Crippen molar-refractivity contribution in [2.45, 2.75) is 18.7 Å². The first kappa shape index (κ1) is 20.4. The molecule has 0 heterocycles. The number of hydrogen-bond acceptors (Lipinski definition) is 2. The van der Waals surface area contributed by atoms with Gasteiger partial charge in [-0.25, -0.2) is 0 Å². The molecule has 24 heavy (non-hydrogen) atoms. The molecule has 2 rings (SSSR count). The summed E-state index contributed by atoms with van der Waals surface area (Å²) >= 11 is 32.3. The molecule has 130 valence electrons. The highest BCUT2D eigenvalue weighted by Crippen LogP contribution is 2.47. The molecular weight excluding hydrogens is 428 g/mol. The van der Waals surface area contributed by atoms with E-state index in [0.717, 1.165) is 18.8 Å². The van der Waals surface area contributed by atoms with Crippen molar-refractivity contribution in [3.63, 3.8) is 0 Å². The number of halogens is 5. The van der Waals surface area contributed by atoms with Crippen molar-refractivity contribution in [2.75, 3.05) is 23.7 Å². The Hall–Kier alpha value is 0.0400. The molecule has 0 atom stereocenters. The van der Waals surface area contributed by atoms with Crippen molar-refractivity contribution in [1.29, 1.82) is 0 Å². The third-order valence-electron chi connectivity index (χ3n) is 3.53. The topological polar surface area (TPSA) is 3.24 Å². The number of nitrogens with zero attached hydrogens (tertiary/aromatic N) is 1. The highest BCUT2D eigenvalue weighted by Gasteiger charge is 2.19. The van der Waals surface area contributed by atoms with Gasteiger partial charge in [-0.3, -0.25) is 0 Å². The van der Waals surface area contributed by atoms with E-state index in [1.54, 1.807) is 0 Å². The van der Waals surface area contributed by atoms with E-state index in [4.69, 9.17) is 58.0 Å². The quantitative estimate of drug-likeness (QED) is 0.254. The van der Waals surface area contributed by atoms with E-state index in [9.17, 15) is 0 Å². The minimum absolute atomic E-state index is 0.188. The summed E-state index contributed by atoms with van der Waals surface area (Å²) < 4.78 is 0. The van der Waals surface area contributed by atoms with E-state index in [0.29, 0.717) is 14.9 Å². The van der Waals surface area contributed by atoms with Crippen LogP contribution in [-0.2, 0) is 0 Å². The molecule has 0 fully saturated rings. The Morgan fingerprint density at radius 2 is 1.50 bits per heavy atom. The summed E-state index contributed by atoms with van der Waals surface area (Å²) in [6.45, 7) is 5.97. The van der Waals surface area contributed by atoms with Crippen molar-refractivity contribution in [1.82, 2.24) is 0 Å². The summed E-state index contributed by atoms with van der Waals surface area (Å²) in [7, 11) is 0. The fourth-order valence-electron chi connectivity index (χ4n) is 2.26. The van der Waals surface area contributed by atoms with E-state index >= 15 is 0 Å². The average molecular weight is 444 g/mol. The van der Waals surface area contributed by atoms with E-state index in [1.807, 2.05) is 0 Å². The van der Waals surface area contributed by atoms with Crippen LogP contribution < -0.4 is 4.90 Å². The summed E-state index contributed by atoms with van der Waals surface area (Å²) in [4.78, 5) is 2.96. The van der Waals surface area contributed by atoms with Crippen molar-refractivity contribution < 1.29 is 0 Å². The molecule has 0 bridgehead atoms. The van der Waals surface area contributed by atoms with Crippen molar-refractivity contribution >= 4 is 75.5 Å². The Morgan fingerprint density at radius 3 is 2.04 bits per heavy atom. The summed E-state index contributed by atoms with van der Waals surface area (Å²) in [6.07, 6.45) is 0. The first-order valence-corrected chi connectivity index (χ1v) is 10.2. The highest BCUT2D eigenvalue weighted by molar-refractivity contribution is 7.99.